The van der Waals surface area contributed by atoms with E-state index in [9.17, 15) is 9.18 Å². The largest absolute Gasteiger partial charge is 0.447 e. The van der Waals surface area contributed by atoms with E-state index in [2.05, 4.69) is 15.0 Å². The van der Waals surface area contributed by atoms with E-state index in [1.807, 2.05) is 42.0 Å². The topological polar surface area (TPSA) is 73.1 Å². The van der Waals surface area contributed by atoms with Crippen molar-refractivity contribution in [3.8, 4) is 5.69 Å². The first kappa shape index (κ1) is 20.3. The number of halogens is 2. The highest BCUT2D eigenvalue weighted by atomic mass is 35.5. The molecule has 30 heavy (non-hydrogen) atoms. The van der Waals surface area contributed by atoms with Gasteiger partial charge < -0.3 is 9.30 Å². The van der Waals surface area contributed by atoms with Gasteiger partial charge in [-0.1, -0.05) is 18.5 Å². The summed E-state index contributed by atoms with van der Waals surface area (Å²) >= 11 is 5.95. The van der Waals surface area contributed by atoms with E-state index in [-0.39, 0.29) is 12.5 Å². The molecule has 0 spiro atoms. The first-order valence-corrected chi connectivity index (χ1v) is 10.0. The van der Waals surface area contributed by atoms with Gasteiger partial charge in [-0.25, -0.2) is 24.1 Å². The minimum atomic E-state index is -1.23. The lowest BCUT2D eigenvalue weighted by molar-refractivity contribution is 0.174. The first-order valence-electron chi connectivity index (χ1n) is 9.64. The van der Waals surface area contributed by atoms with Gasteiger partial charge in [-0.05, 0) is 37.3 Å². The maximum Gasteiger partial charge on any atom is 0.416 e. The lowest BCUT2D eigenvalue weighted by Crippen LogP contribution is -2.39. The van der Waals surface area contributed by atoms with Crippen molar-refractivity contribution in [2.75, 3.05) is 11.5 Å². The molecule has 1 fully saturated rings. The van der Waals surface area contributed by atoms with Crippen molar-refractivity contribution in [1.82, 2.24) is 19.5 Å². The second kappa shape index (κ2) is 8.39. The highest BCUT2D eigenvalue weighted by Crippen LogP contribution is 2.25. The standard InChI is InChI=1S/C21H21ClFN5O2/c1-13(17-10-27(12-25-17)16-5-3-15(22)4-6-16)9-19-24-8-7-20(26-19)28-18(14(2)23)11-30-21(28)29/h3-8,10,12-14,18H,9,11H2,1-2H3/t13-,14-,18-/m1/s1. The molecule has 0 N–H and O–H groups in total. The van der Waals surface area contributed by atoms with E-state index in [4.69, 9.17) is 16.3 Å². The van der Waals surface area contributed by atoms with Gasteiger partial charge in [-0.3, -0.25) is 4.90 Å². The summed E-state index contributed by atoms with van der Waals surface area (Å²) in [6.07, 6.45) is 3.97. The summed E-state index contributed by atoms with van der Waals surface area (Å²) in [5, 5.41) is 0.677. The van der Waals surface area contributed by atoms with Crippen molar-refractivity contribution in [2.24, 2.45) is 0 Å². The SMILES string of the molecule is C[C@H](Cc1nccc(N2C(=O)OC[C@@H]2[C@@H](C)F)n1)c1cn(-c2ccc(Cl)cc2)cn1. The van der Waals surface area contributed by atoms with Gasteiger partial charge in [0.1, 0.15) is 30.5 Å². The van der Waals surface area contributed by atoms with Crippen LogP contribution in [0.3, 0.4) is 0 Å². The number of imidazole rings is 1. The molecule has 3 atom stereocenters. The van der Waals surface area contributed by atoms with Gasteiger partial charge in [0.15, 0.2) is 0 Å². The van der Waals surface area contributed by atoms with Gasteiger partial charge in [0.25, 0.3) is 0 Å². The number of aromatic nitrogens is 4. The third kappa shape index (κ3) is 4.14. The number of amides is 1. The molecule has 0 saturated carbocycles. The summed E-state index contributed by atoms with van der Waals surface area (Å²) in [6, 6.07) is 8.39. The predicted octanol–water partition coefficient (Wildman–Crippen LogP) is 4.35. The smallest absolute Gasteiger partial charge is 0.416 e. The quantitative estimate of drug-likeness (QED) is 0.582. The van der Waals surface area contributed by atoms with Crippen LogP contribution in [0.4, 0.5) is 15.0 Å². The van der Waals surface area contributed by atoms with E-state index < -0.39 is 18.3 Å². The number of hydrogen-bond acceptors (Lipinski definition) is 5. The number of benzene rings is 1. The number of hydrogen-bond donors (Lipinski definition) is 0. The Kier molecular flexibility index (Phi) is 5.67. The second-order valence-electron chi connectivity index (χ2n) is 7.31. The summed E-state index contributed by atoms with van der Waals surface area (Å²) in [4.78, 5) is 26.6. The van der Waals surface area contributed by atoms with Crippen molar-refractivity contribution >= 4 is 23.5 Å². The first-order chi connectivity index (χ1) is 14.4. The molecule has 0 radical (unpaired) electrons. The van der Waals surface area contributed by atoms with Crippen molar-refractivity contribution < 1.29 is 13.9 Å². The monoisotopic (exact) mass is 429 g/mol. The number of carbonyl (C=O) groups excluding carboxylic acids is 1. The minimum absolute atomic E-state index is 0.00831. The Morgan fingerprint density at radius 2 is 2.00 bits per heavy atom. The number of ether oxygens (including phenoxy) is 1. The Balaban J connectivity index is 1.50. The summed E-state index contributed by atoms with van der Waals surface area (Å²) < 4.78 is 20.8. The maximum absolute atomic E-state index is 13.9. The van der Waals surface area contributed by atoms with Gasteiger partial charge in [-0.2, -0.15) is 0 Å². The maximum atomic E-state index is 13.9. The lowest BCUT2D eigenvalue weighted by Gasteiger charge is -2.21. The molecule has 0 aliphatic carbocycles. The zero-order valence-corrected chi connectivity index (χ0v) is 17.3. The molecule has 1 aliphatic rings. The number of rotatable bonds is 6. The highest BCUT2D eigenvalue weighted by Gasteiger charge is 2.39. The van der Waals surface area contributed by atoms with Crippen LogP contribution in [-0.2, 0) is 11.2 Å². The van der Waals surface area contributed by atoms with Crippen LogP contribution in [0.1, 0.15) is 31.3 Å². The van der Waals surface area contributed by atoms with Crippen molar-refractivity contribution in [1.29, 1.82) is 0 Å². The number of alkyl halides is 1. The molecule has 7 nitrogen and oxygen atoms in total. The normalized spacial score (nSPS) is 18.3. The van der Waals surface area contributed by atoms with E-state index in [0.717, 1.165) is 11.4 Å². The molecule has 156 valence electrons. The number of anilines is 1. The molecule has 3 heterocycles. The Hall–Kier alpha value is -3.00. The molecule has 3 aromatic rings. The van der Waals surface area contributed by atoms with Gasteiger partial charge >= 0.3 is 6.09 Å². The average Bonchev–Trinajstić information content (AvgIpc) is 3.36. The van der Waals surface area contributed by atoms with Crippen molar-refractivity contribution in [3.05, 3.63) is 65.6 Å². The van der Waals surface area contributed by atoms with Crippen LogP contribution in [0, 0.1) is 0 Å². The zero-order valence-electron chi connectivity index (χ0n) is 16.6. The molecule has 2 aromatic heterocycles. The zero-order chi connectivity index (χ0) is 21.3. The molecule has 0 bridgehead atoms. The van der Waals surface area contributed by atoms with Crippen LogP contribution in [-0.4, -0.2) is 44.4 Å². The van der Waals surface area contributed by atoms with Crippen LogP contribution in [0.5, 0.6) is 0 Å². The molecule has 4 rings (SSSR count). The Morgan fingerprint density at radius 1 is 1.23 bits per heavy atom. The molecule has 1 aliphatic heterocycles. The fraction of sp³-hybridized carbons (Fsp3) is 0.333. The van der Waals surface area contributed by atoms with Gasteiger partial charge in [0, 0.05) is 35.4 Å². The molecule has 1 saturated heterocycles. The minimum Gasteiger partial charge on any atom is -0.447 e. The Bertz CT molecular complexity index is 1040. The van der Waals surface area contributed by atoms with E-state index in [0.29, 0.717) is 23.1 Å². The summed E-state index contributed by atoms with van der Waals surface area (Å²) in [6.45, 7) is 3.44. The lowest BCUT2D eigenvalue weighted by atomic mass is 10.0. The van der Waals surface area contributed by atoms with Crippen LogP contribution in [0.25, 0.3) is 5.69 Å². The molecular weight excluding hydrogens is 409 g/mol. The predicted molar refractivity (Wildman–Crippen MR) is 111 cm³/mol. The summed E-state index contributed by atoms with van der Waals surface area (Å²) in [5.41, 5.74) is 1.84. The van der Waals surface area contributed by atoms with Crippen LogP contribution in [0.15, 0.2) is 49.1 Å². The number of nitrogens with zero attached hydrogens (tertiary/aromatic N) is 5. The Morgan fingerprint density at radius 3 is 2.73 bits per heavy atom. The summed E-state index contributed by atoms with van der Waals surface area (Å²) in [7, 11) is 0. The fourth-order valence-electron chi connectivity index (χ4n) is 3.38. The van der Waals surface area contributed by atoms with Crippen molar-refractivity contribution in [3.63, 3.8) is 0 Å². The Labute approximate surface area is 178 Å². The van der Waals surface area contributed by atoms with Crippen LogP contribution in [0.2, 0.25) is 5.02 Å². The number of cyclic esters (lactones) is 1. The number of carbonyl (C=O) groups is 1. The average molecular weight is 430 g/mol. The highest BCUT2D eigenvalue weighted by molar-refractivity contribution is 6.30. The third-order valence-corrected chi connectivity index (χ3v) is 5.35. The fourth-order valence-corrected chi connectivity index (χ4v) is 3.51. The van der Waals surface area contributed by atoms with E-state index in [1.165, 1.54) is 11.8 Å². The second-order valence-corrected chi connectivity index (χ2v) is 7.75. The summed E-state index contributed by atoms with van der Waals surface area (Å²) in [5.74, 6) is 0.928. The molecular formula is C21H21ClFN5O2. The molecule has 9 heteroatoms. The third-order valence-electron chi connectivity index (χ3n) is 5.09. The van der Waals surface area contributed by atoms with E-state index in [1.54, 1.807) is 18.6 Å². The molecule has 1 amide bonds. The van der Waals surface area contributed by atoms with Gasteiger partial charge in [0.2, 0.25) is 0 Å². The van der Waals surface area contributed by atoms with Gasteiger partial charge in [0.05, 0.1) is 12.0 Å². The van der Waals surface area contributed by atoms with Gasteiger partial charge in [-0.15, -0.1) is 0 Å². The molecule has 0 unspecified atom stereocenters. The van der Waals surface area contributed by atoms with Crippen LogP contribution >= 0.6 is 11.6 Å². The van der Waals surface area contributed by atoms with Crippen LogP contribution < -0.4 is 4.90 Å². The van der Waals surface area contributed by atoms with E-state index >= 15 is 0 Å². The molecule has 1 aromatic carbocycles. The van der Waals surface area contributed by atoms with Crippen molar-refractivity contribution in [2.45, 2.75) is 38.4 Å².